The molecule has 0 unspecified atom stereocenters. The number of carbonyl (C=O) groups excluding carboxylic acids is 3. The summed E-state index contributed by atoms with van der Waals surface area (Å²) in [4.78, 5) is 47.5. The predicted molar refractivity (Wildman–Crippen MR) is 156 cm³/mol. The van der Waals surface area contributed by atoms with Crippen LogP contribution >= 0.6 is 11.3 Å². The number of amides is 3. The van der Waals surface area contributed by atoms with Crippen molar-refractivity contribution in [2.45, 2.75) is 91.8 Å². The minimum absolute atomic E-state index is 0.173. The largest absolute Gasteiger partial charge is 0.347 e. The summed E-state index contributed by atoms with van der Waals surface area (Å²) in [6.45, 7) is 12.4. The van der Waals surface area contributed by atoms with E-state index < -0.39 is 28.8 Å². The van der Waals surface area contributed by atoms with Crippen LogP contribution < -0.4 is 10.6 Å². The third-order valence-electron chi connectivity index (χ3n) is 7.97. The molecule has 2 fully saturated rings. The molecule has 1 saturated heterocycles. The van der Waals surface area contributed by atoms with Crippen molar-refractivity contribution in [2.75, 3.05) is 6.54 Å². The Labute approximate surface area is 241 Å². The van der Waals surface area contributed by atoms with E-state index in [1.807, 2.05) is 33.2 Å². The molecular weight excluding hydrogens is 522 g/mol. The average Bonchev–Trinajstić information content (AvgIpc) is 3.33. The lowest BCUT2D eigenvalue weighted by atomic mass is 9.85. The number of nitrogens with zero attached hydrogens (tertiary/aromatic N) is 3. The zero-order chi connectivity index (χ0) is 29.2. The number of nitriles is 1. The Morgan fingerprint density at radius 1 is 1.18 bits per heavy atom. The fraction of sp³-hybridized carbons (Fsp3) is 0.581. The third kappa shape index (κ3) is 6.38. The Balaban J connectivity index is 1.50. The molecule has 40 heavy (non-hydrogen) atoms. The minimum Gasteiger partial charge on any atom is -0.347 e. The van der Waals surface area contributed by atoms with Crippen molar-refractivity contribution in [3.05, 3.63) is 41.0 Å². The highest BCUT2D eigenvalue weighted by molar-refractivity contribution is 7.13. The van der Waals surface area contributed by atoms with E-state index in [9.17, 15) is 19.6 Å². The van der Waals surface area contributed by atoms with Crippen LogP contribution in [-0.2, 0) is 14.4 Å². The lowest BCUT2D eigenvalue weighted by molar-refractivity contribution is -0.144. The van der Waals surface area contributed by atoms with Gasteiger partial charge in [0.15, 0.2) is 0 Å². The zero-order valence-electron chi connectivity index (χ0n) is 24.4. The molecule has 2 aliphatic rings. The number of thiazole rings is 1. The van der Waals surface area contributed by atoms with Gasteiger partial charge in [-0.05, 0) is 61.5 Å². The monoisotopic (exact) mass is 563 g/mol. The van der Waals surface area contributed by atoms with Gasteiger partial charge in [0.2, 0.25) is 17.7 Å². The van der Waals surface area contributed by atoms with Gasteiger partial charge in [0, 0.05) is 6.54 Å². The fourth-order valence-electron chi connectivity index (χ4n) is 5.36. The smallest absolute Gasteiger partial charge is 0.246 e. The van der Waals surface area contributed by atoms with Gasteiger partial charge in [0.25, 0.3) is 0 Å². The van der Waals surface area contributed by atoms with Gasteiger partial charge in [0.1, 0.15) is 17.5 Å². The molecule has 1 aliphatic heterocycles. The standard InChI is InChI=1S/C31H41N5O3S/c1-19(2)16-23(21-9-11-22(12-10-21)25-20(3)33-18-40-25)34-27(37)24-8-7-15-36(24)28(38)26(30(4,5)6)35-29(39)31(17-32)13-14-31/h9-12,18-19,23-24,26H,7-8,13-16H2,1-6H3,(H,34,37)(H,35,39)/t23-,24-,26+/m0/s1. The van der Waals surface area contributed by atoms with Crippen molar-refractivity contribution in [1.29, 1.82) is 5.26 Å². The van der Waals surface area contributed by atoms with E-state index >= 15 is 0 Å². The van der Waals surface area contributed by atoms with Crippen LogP contribution in [-0.4, -0.2) is 46.2 Å². The van der Waals surface area contributed by atoms with E-state index in [0.29, 0.717) is 38.1 Å². The van der Waals surface area contributed by atoms with Crippen molar-refractivity contribution < 1.29 is 14.4 Å². The molecule has 2 N–H and O–H groups in total. The molecule has 0 radical (unpaired) electrons. The van der Waals surface area contributed by atoms with Crippen LogP contribution in [0.15, 0.2) is 29.8 Å². The highest BCUT2D eigenvalue weighted by Crippen LogP contribution is 2.45. The van der Waals surface area contributed by atoms with Crippen LogP contribution in [0.4, 0.5) is 0 Å². The molecule has 3 amide bonds. The molecule has 1 aromatic heterocycles. The maximum absolute atomic E-state index is 13.8. The maximum atomic E-state index is 13.8. The Bertz CT molecular complexity index is 1280. The summed E-state index contributed by atoms with van der Waals surface area (Å²) >= 11 is 1.61. The molecular formula is C31H41N5O3S. The Kier molecular flexibility index (Phi) is 8.69. The van der Waals surface area contributed by atoms with Gasteiger partial charge in [-0.3, -0.25) is 14.4 Å². The van der Waals surface area contributed by atoms with Crippen LogP contribution in [0.3, 0.4) is 0 Å². The second-order valence-corrected chi connectivity index (χ2v) is 13.6. The maximum Gasteiger partial charge on any atom is 0.246 e. The van der Waals surface area contributed by atoms with Crippen LogP contribution in [0.25, 0.3) is 10.4 Å². The highest BCUT2D eigenvalue weighted by atomic mass is 32.1. The number of aromatic nitrogens is 1. The van der Waals surface area contributed by atoms with Gasteiger partial charge in [-0.2, -0.15) is 5.26 Å². The summed E-state index contributed by atoms with van der Waals surface area (Å²) in [5.41, 5.74) is 3.36. The highest BCUT2D eigenvalue weighted by Gasteiger charge is 2.53. The molecule has 3 atom stereocenters. The second-order valence-electron chi connectivity index (χ2n) is 12.7. The zero-order valence-corrected chi connectivity index (χ0v) is 25.2. The van der Waals surface area contributed by atoms with Crippen LogP contribution in [0.2, 0.25) is 0 Å². The summed E-state index contributed by atoms with van der Waals surface area (Å²) in [6.07, 6.45) is 3.08. The van der Waals surface area contributed by atoms with Gasteiger partial charge in [0.05, 0.1) is 28.2 Å². The number of nitrogens with one attached hydrogen (secondary N) is 2. The number of benzene rings is 1. The van der Waals surface area contributed by atoms with Crippen molar-refractivity contribution >= 4 is 29.1 Å². The number of carbonyl (C=O) groups is 3. The van der Waals surface area contributed by atoms with E-state index in [0.717, 1.165) is 28.1 Å². The Morgan fingerprint density at radius 3 is 2.38 bits per heavy atom. The summed E-state index contributed by atoms with van der Waals surface area (Å²) in [5, 5.41) is 15.6. The summed E-state index contributed by atoms with van der Waals surface area (Å²) in [7, 11) is 0. The summed E-state index contributed by atoms with van der Waals surface area (Å²) in [5.74, 6) is -0.478. The minimum atomic E-state index is -1.02. The molecule has 2 heterocycles. The van der Waals surface area contributed by atoms with Crippen molar-refractivity contribution in [3.63, 3.8) is 0 Å². The van der Waals surface area contributed by atoms with E-state index in [-0.39, 0.29) is 17.9 Å². The van der Waals surface area contributed by atoms with Gasteiger partial charge in [-0.15, -0.1) is 11.3 Å². The first-order chi connectivity index (χ1) is 18.9. The quantitative estimate of drug-likeness (QED) is 0.438. The van der Waals surface area contributed by atoms with Crippen molar-refractivity contribution in [1.82, 2.24) is 20.5 Å². The molecule has 8 nitrogen and oxygen atoms in total. The molecule has 214 valence electrons. The average molecular weight is 564 g/mol. The van der Waals surface area contributed by atoms with Gasteiger partial charge >= 0.3 is 0 Å². The second kappa shape index (κ2) is 11.7. The van der Waals surface area contributed by atoms with Crippen molar-refractivity contribution in [2.24, 2.45) is 16.7 Å². The van der Waals surface area contributed by atoms with Crippen LogP contribution in [0.1, 0.15) is 84.0 Å². The summed E-state index contributed by atoms with van der Waals surface area (Å²) in [6, 6.07) is 8.76. The van der Waals surface area contributed by atoms with E-state index in [2.05, 4.69) is 59.8 Å². The molecule has 1 saturated carbocycles. The number of rotatable bonds is 9. The summed E-state index contributed by atoms with van der Waals surface area (Å²) < 4.78 is 0. The van der Waals surface area contributed by atoms with Gasteiger partial charge < -0.3 is 15.5 Å². The van der Waals surface area contributed by atoms with E-state index in [1.165, 1.54) is 0 Å². The van der Waals surface area contributed by atoms with E-state index in [4.69, 9.17) is 0 Å². The molecule has 1 aromatic carbocycles. The molecule has 2 aromatic rings. The number of hydrogen-bond acceptors (Lipinski definition) is 6. The predicted octanol–water partition coefficient (Wildman–Crippen LogP) is 5.15. The lowest BCUT2D eigenvalue weighted by Crippen LogP contribution is -2.58. The third-order valence-corrected chi connectivity index (χ3v) is 8.95. The van der Waals surface area contributed by atoms with Crippen LogP contribution in [0.5, 0.6) is 0 Å². The Morgan fingerprint density at radius 2 is 1.85 bits per heavy atom. The molecule has 1 aliphatic carbocycles. The number of hydrogen-bond donors (Lipinski definition) is 2. The Hall–Kier alpha value is -3.25. The molecule has 4 rings (SSSR count). The van der Waals surface area contributed by atoms with E-state index in [1.54, 1.807) is 16.2 Å². The molecule has 9 heteroatoms. The molecule has 0 spiro atoms. The van der Waals surface area contributed by atoms with Crippen molar-refractivity contribution in [3.8, 4) is 16.5 Å². The topological polar surface area (TPSA) is 115 Å². The molecule has 0 bridgehead atoms. The number of likely N-dealkylation sites (tertiary alicyclic amines) is 1. The van der Waals surface area contributed by atoms with Gasteiger partial charge in [-0.1, -0.05) is 58.9 Å². The fourth-order valence-corrected chi connectivity index (χ4v) is 6.18. The first-order valence-corrected chi connectivity index (χ1v) is 15.1. The van der Waals surface area contributed by atoms with Crippen LogP contribution in [0, 0.1) is 35.0 Å². The lowest BCUT2D eigenvalue weighted by Gasteiger charge is -2.36. The normalized spacial score (nSPS) is 19.6. The number of aryl methyl sites for hydroxylation is 1. The first-order valence-electron chi connectivity index (χ1n) is 14.2. The van der Waals surface area contributed by atoms with Gasteiger partial charge in [-0.25, -0.2) is 4.98 Å². The first kappa shape index (κ1) is 29.7. The SMILES string of the molecule is Cc1ncsc1-c1ccc([C@H](CC(C)C)NC(=O)[C@@H]2CCCN2C(=O)[C@@H](NC(=O)C2(C#N)CC2)C(C)(C)C)cc1.